The van der Waals surface area contributed by atoms with Crippen LogP contribution in [0.1, 0.15) is 43.4 Å². The van der Waals surface area contributed by atoms with E-state index in [-0.39, 0.29) is 0 Å². The Hall–Kier alpha value is -0.870. The lowest BCUT2D eigenvalue weighted by Gasteiger charge is -2.32. The SMILES string of the molecule is Cc1c(CNCC2(O)CCCCC2)cnn1C. The Morgan fingerprint density at radius 2 is 2.12 bits per heavy atom. The third-order valence-corrected chi connectivity index (χ3v) is 3.89. The minimum Gasteiger partial charge on any atom is -0.389 e. The molecular formula is C13H23N3O. The van der Waals surface area contributed by atoms with Gasteiger partial charge in [0.15, 0.2) is 0 Å². The lowest BCUT2D eigenvalue weighted by Crippen LogP contribution is -2.41. The number of nitrogens with one attached hydrogen (secondary N) is 1. The van der Waals surface area contributed by atoms with Crippen LogP contribution in [0.15, 0.2) is 6.20 Å². The highest BCUT2D eigenvalue weighted by molar-refractivity contribution is 5.15. The Labute approximate surface area is 103 Å². The van der Waals surface area contributed by atoms with Gasteiger partial charge in [0.2, 0.25) is 0 Å². The van der Waals surface area contributed by atoms with Crippen LogP contribution in [0, 0.1) is 6.92 Å². The van der Waals surface area contributed by atoms with E-state index >= 15 is 0 Å². The highest BCUT2D eigenvalue weighted by atomic mass is 16.3. The van der Waals surface area contributed by atoms with Crippen molar-refractivity contribution in [2.75, 3.05) is 6.54 Å². The first-order chi connectivity index (χ1) is 8.11. The molecule has 96 valence electrons. The summed E-state index contributed by atoms with van der Waals surface area (Å²) in [6.07, 6.45) is 7.35. The van der Waals surface area contributed by atoms with Gasteiger partial charge in [-0.1, -0.05) is 19.3 Å². The molecule has 1 aliphatic carbocycles. The summed E-state index contributed by atoms with van der Waals surface area (Å²) in [5.74, 6) is 0. The molecule has 1 aromatic heterocycles. The third kappa shape index (κ3) is 3.07. The van der Waals surface area contributed by atoms with Gasteiger partial charge in [0.25, 0.3) is 0 Å². The van der Waals surface area contributed by atoms with Gasteiger partial charge in [-0.25, -0.2) is 0 Å². The molecule has 0 spiro atoms. The zero-order valence-corrected chi connectivity index (χ0v) is 10.9. The first-order valence-corrected chi connectivity index (χ1v) is 6.51. The standard InChI is InChI=1S/C13H23N3O/c1-11-12(9-15-16(11)2)8-14-10-13(17)6-4-3-5-7-13/h9,14,17H,3-8,10H2,1-2H3. The number of aromatic nitrogens is 2. The molecule has 1 saturated carbocycles. The van der Waals surface area contributed by atoms with E-state index in [1.807, 2.05) is 17.9 Å². The lowest BCUT2D eigenvalue weighted by atomic mass is 9.85. The van der Waals surface area contributed by atoms with Crippen molar-refractivity contribution < 1.29 is 5.11 Å². The van der Waals surface area contributed by atoms with Crippen LogP contribution in [0.3, 0.4) is 0 Å². The summed E-state index contributed by atoms with van der Waals surface area (Å²) in [5, 5.41) is 17.9. The van der Waals surface area contributed by atoms with Gasteiger partial charge < -0.3 is 10.4 Å². The zero-order chi connectivity index (χ0) is 12.3. The molecule has 0 aromatic carbocycles. The van der Waals surface area contributed by atoms with Crippen LogP contribution in [-0.4, -0.2) is 27.0 Å². The van der Waals surface area contributed by atoms with Gasteiger partial charge in [-0.15, -0.1) is 0 Å². The van der Waals surface area contributed by atoms with Gasteiger partial charge in [0.05, 0.1) is 11.8 Å². The topological polar surface area (TPSA) is 50.1 Å². The van der Waals surface area contributed by atoms with E-state index < -0.39 is 5.60 Å². The highest BCUT2D eigenvalue weighted by Crippen LogP contribution is 2.27. The van der Waals surface area contributed by atoms with Crippen molar-refractivity contribution in [2.24, 2.45) is 7.05 Å². The van der Waals surface area contributed by atoms with Gasteiger partial charge in [0, 0.05) is 31.4 Å². The fourth-order valence-corrected chi connectivity index (χ4v) is 2.53. The fraction of sp³-hybridized carbons (Fsp3) is 0.769. The Balaban J connectivity index is 1.81. The second-order valence-corrected chi connectivity index (χ2v) is 5.27. The van der Waals surface area contributed by atoms with Crippen LogP contribution in [0.2, 0.25) is 0 Å². The number of nitrogens with zero attached hydrogens (tertiary/aromatic N) is 2. The maximum atomic E-state index is 10.3. The molecule has 1 aromatic rings. The Kier molecular flexibility index (Phi) is 3.84. The van der Waals surface area contributed by atoms with Gasteiger partial charge in [-0.2, -0.15) is 5.10 Å². The predicted octanol–water partition coefficient (Wildman–Crippen LogP) is 1.51. The minimum absolute atomic E-state index is 0.478. The van der Waals surface area contributed by atoms with Crippen LogP contribution >= 0.6 is 0 Å². The van der Waals surface area contributed by atoms with Crippen molar-refractivity contribution >= 4 is 0 Å². The molecular weight excluding hydrogens is 214 g/mol. The first-order valence-electron chi connectivity index (χ1n) is 6.51. The van der Waals surface area contributed by atoms with E-state index in [2.05, 4.69) is 17.3 Å². The number of hydrogen-bond acceptors (Lipinski definition) is 3. The zero-order valence-electron chi connectivity index (χ0n) is 10.9. The number of aliphatic hydroxyl groups is 1. The third-order valence-electron chi connectivity index (χ3n) is 3.89. The monoisotopic (exact) mass is 237 g/mol. The average molecular weight is 237 g/mol. The molecule has 1 aliphatic rings. The molecule has 0 radical (unpaired) electrons. The van der Waals surface area contributed by atoms with Crippen molar-refractivity contribution in [3.8, 4) is 0 Å². The molecule has 0 aliphatic heterocycles. The van der Waals surface area contributed by atoms with Gasteiger partial charge in [-0.05, 0) is 19.8 Å². The Bertz CT molecular complexity index is 367. The molecule has 0 unspecified atom stereocenters. The van der Waals surface area contributed by atoms with E-state index in [0.29, 0.717) is 6.54 Å². The smallest absolute Gasteiger partial charge is 0.0771 e. The normalized spacial score (nSPS) is 19.5. The summed E-state index contributed by atoms with van der Waals surface area (Å²) in [7, 11) is 1.95. The summed E-state index contributed by atoms with van der Waals surface area (Å²) < 4.78 is 1.88. The molecule has 0 bridgehead atoms. The molecule has 1 heterocycles. The first kappa shape index (κ1) is 12.6. The minimum atomic E-state index is -0.478. The molecule has 17 heavy (non-hydrogen) atoms. The largest absolute Gasteiger partial charge is 0.389 e. The van der Waals surface area contributed by atoms with Crippen LogP contribution in [-0.2, 0) is 13.6 Å². The summed E-state index contributed by atoms with van der Waals surface area (Å²) in [6, 6.07) is 0. The summed E-state index contributed by atoms with van der Waals surface area (Å²) in [6.45, 7) is 3.56. The van der Waals surface area contributed by atoms with Crippen LogP contribution in [0.5, 0.6) is 0 Å². The molecule has 1 fully saturated rings. The fourth-order valence-electron chi connectivity index (χ4n) is 2.53. The van der Waals surface area contributed by atoms with Crippen LogP contribution < -0.4 is 5.32 Å². The van der Waals surface area contributed by atoms with E-state index in [9.17, 15) is 5.11 Å². The Morgan fingerprint density at radius 1 is 1.41 bits per heavy atom. The molecule has 2 N–H and O–H groups in total. The maximum absolute atomic E-state index is 10.3. The molecule has 4 heteroatoms. The summed E-state index contributed by atoms with van der Waals surface area (Å²) >= 11 is 0. The van der Waals surface area contributed by atoms with Crippen molar-refractivity contribution in [3.63, 3.8) is 0 Å². The molecule has 2 rings (SSSR count). The molecule has 0 saturated heterocycles. The number of hydrogen-bond donors (Lipinski definition) is 2. The summed E-state index contributed by atoms with van der Waals surface area (Å²) in [5.41, 5.74) is 1.93. The Morgan fingerprint density at radius 3 is 2.71 bits per heavy atom. The van der Waals surface area contributed by atoms with Gasteiger partial charge >= 0.3 is 0 Å². The van der Waals surface area contributed by atoms with E-state index in [1.54, 1.807) is 0 Å². The highest BCUT2D eigenvalue weighted by Gasteiger charge is 2.28. The lowest BCUT2D eigenvalue weighted by molar-refractivity contribution is 0.00466. The van der Waals surface area contributed by atoms with Crippen LogP contribution in [0.4, 0.5) is 0 Å². The maximum Gasteiger partial charge on any atom is 0.0771 e. The van der Waals surface area contributed by atoms with Crippen LogP contribution in [0.25, 0.3) is 0 Å². The van der Waals surface area contributed by atoms with E-state index in [4.69, 9.17) is 0 Å². The summed E-state index contributed by atoms with van der Waals surface area (Å²) in [4.78, 5) is 0. The number of rotatable bonds is 4. The van der Waals surface area contributed by atoms with Gasteiger partial charge in [-0.3, -0.25) is 4.68 Å². The van der Waals surface area contributed by atoms with Crippen molar-refractivity contribution in [3.05, 3.63) is 17.5 Å². The molecule has 0 atom stereocenters. The van der Waals surface area contributed by atoms with Crippen molar-refractivity contribution in [1.82, 2.24) is 15.1 Å². The second kappa shape index (κ2) is 5.19. The molecule has 4 nitrogen and oxygen atoms in total. The van der Waals surface area contributed by atoms with Crippen molar-refractivity contribution in [2.45, 2.75) is 51.2 Å². The molecule has 0 amide bonds. The van der Waals surface area contributed by atoms with E-state index in [1.165, 1.54) is 17.7 Å². The van der Waals surface area contributed by atoms with Crippen molar-refractivity contribution in [1.29, 1.82) is 0 Å². The second-order valence-electron chi connectivity index (χ2n) is 5.27. The predicted molar refractivity (Wildman–Crippen MR) is 67.7 cm³/mol. The average Bonchev–Trinajstić information content (AvgIpc) is 2.62. The van der Waals surface area contributed by atoms with E-state index in [0.717, 1.165) is 32.2 Å². The van der Waals surface area contributed by atoms with Gasteiger partial charge in [0.1, 0.15) is 0 Å². The quantitative estimate of drug-likeness (QED) is 0.834. The number of aryl methyl sites for hydroxylation is 1.